The summed E-state index contributed by atoms with van der Waals surface area (Å²) in [6.45, 7) is 4.54. The number of hydrogen-bond donors (Lipinski definition) is 2. The van der Waals surface area contributed by atoms with Crippen LogP contribution in [-0.4, -0.2) is 68.5 Å². The van der Waals surface area contributed by atoms with Gasteiger partial charge in [-0.25, -0.2) is 0 Å². The van der Waals surface area contributed by atoms with Gasteiger partial charge in [0.2, 0.25) is 5.91 Å². The Morgan fingerprint density at radius 3 is 1.26 bits per heavy atom. The Balaban J connectivity index is 4.20. The number of unbranched alkanes of at least 4 members (excludes halogenated alkanes) is 34. The molecule has 3 unspecified atom stereocenters. The maximum atomic E-state index is 13.0. The molecule has 0 aliphatic rings. The van der Waals surface area contributed by atoms with E-state index in [0.717, 1.165) is 64.2 Å². The van der Waals surface area contributed by atoms with Gasteiger partial charge < -0.3 is 28.8 Å². The van der Waals surface area contributed by atoms with E-state index in [2.05, 4.69) is 79.9 Å². The zero-order valence-electron chi connectivity index (χ0n) is 49.3. The molecule has 9 heteroatoms. The molecule has 432 valence electrons. The van der Waals surface area contributed by atoms with E-state index >= 15 is 0 Å². The van der Waals surface area contributed by atoms with Gasteiger partial charge in [-0.3, -0.25) is 9.36 Å². The van der Waals surface area contributed by atoms with Gasteiger partial charge in [0.15, 0.2) is 0 Å². The first kappa shape index (κ1) is 71.9. The van der Waals surface area contributed by atoms with Gasteiger partial charge in [0.25, 0.3) is 7.82 Å². The number of aliphatic hydroxyl groups excluding tert-OH is 1. The molecular weight excluding hydrogens is 936 g/mol. The number of amides is 1. The van der Waals surface area contributed by atoms with E-state index in [1.807, 2.05) is 27.2 Å². The topological polar surface area (TPSA) is 108 Å². The summed E-state index contributed by atoms with van der Waals surface area (Å²) in [7, 11) is 1.24. The van der Waals surface area contributed by atoms with E-state index in [1.54, 1.807) is 6.08 Å². The number of aliphatic hydroxyl groups is 1. The standard InChI is InChI=1S/C65H121N2O6P/c1-6-8-10-12-14-16-18-20-22-24-26-28-30-32-33-35-36-38-40-42-44-46-48-50-52-54-56-58-64(68)63(62-73-74(70,71)72-61-60-67(3,4)5)66-65(69)59-57-55-53-51-49-47-45-43-41-39-37-34-31-29-27-25-23-21-19-17-15-13-11-9-7-2/h9,11,15,17,21,23,27,29,48,50,56,58,63-64,68H,6-8,10,12-14,16,18-20,22,24-26,28,30-47,49,51-55,57,59-62H2,1-5H3,(H-,66,69,70,71)/b11-9-,17-15-,23-21-,29-27-,50-48+,58-56+. The van der Waals surface area contributed by atoms with E-state index in [0.29, 0.717) is 17.4 Å². The average Bonchev–Trinajstić information content (AvgIpc) is 3.36. The number of hydrogen-bond acceptors (Lipinski definition) is 6. The van der Waals surface area contributed by atoms with E-state index < -0.39 is 26.6 Å². The van der Waals surface area contributed by atoms with Crippen molar-refractivity contribution in [1.82, 2.24) is 5.32 Å². The van der Waals surface area contributed by atoms with Crippen molar-refractivity contribution in [2.45, 2.75) is 296 Å². The first-order chi connectivity index (χ1) is 36.0. The van der Waals surface area contributed by atoms with Crippen LogP contribution in [-0.2, 0) is 18.4 Å². The lowest BCUT2D eigenvalue weighted by Gasteiger charge is -2.29. The zero-order chi connectivity index (χ0) is 54.2. The van der Waals surface area contributed by atoms with Gasteiger partial charge >= 0.3 is 0 Å². The van der Waals surface area contributed by atoms with Crippen molar-refractivity contribution < 1.29 is 32.9 Å². The number of nitrogens with one attached hydrogen (secondary N) is 1. The maximum absolute atomic E-state index is 13.0. The molecule has 0 aromatic carbocycles. The van der Waals surface area contributed by atoms with E-state index in [9.17, 15) is 19.4 Å². The van der Waals surface area contributed by atoms with Gasteiger partial charge in [-0.2, -0.15) is 0 Å². The second-order valence-electron chi connectivity index (χ2n) is 22.4. The van der Waals surface area contributed by atoms with Crippen molar-refractivity contribution in [3.63, 3.8) is 0 Å². The highest BCUT2D eigenvalue weighted by Crippen LogP contribution is 2.38. The monoisotopic (exact) mass is 1060 g/mol. The predicted molar refractivity (Wildman–Crippen MR) is 320 cm³/mol. The fourth-order valence-corrected chi connectivity index (χ4v) is 9.77. The molecule has 0 saturated heterocycles. The van der Waals surface area contributed by atoms with Gasteiger partial charge in [0, 0.05) is 6.42 Å². The first-order valence-electron chi connectivity index (χ1n) is 31.3. The van der Waals surface area contributed by atoms with Crippen LogP contribution in [0.25, 0.3) is 0 Å². The number of quaternary nitrogens is 1. The SMILES string of the molecule is CC/C=C\C/C=C\C/C=C\C/C=C\CCCCCCCCCCCCCCC(=O)NC(COP(=O)([O-])OCC[N+](C)(C)C)C(O)/C=C/CC/C=C/CCCCCCCCCCCCCCCCCCCCCCC. The molecule has 3 atom stereocenters. The highest BCUT2D eigenvalue weighted by Gasteiger charge is 2.23. The minimum absolute atomic E-state index is 0.00883. The summed E-state index contributed by atoms with van der Waals surface area (Å²) in [5.74, 6) is -0.209. The molecule has 0 aromatic heterocycles. The number of carbonyl (C=O) groups excluding carboxylic acids is 1. The Morgan fingerprint density at radius 2 is 0.838 bits per heavy atom. The Hall–Kier alpha value is -2.06. The molecular formula is C65H121N2O6P. The molecule has 8 nitrogen and oxygen atoms in total. The van der Waals surface area contributed by atoms with Crippen LogP contribution in [0.3, 0.4) is 0 Å². The summed E-state index contributed by atoms with van der Waals surface area (Å²) in [5.41, 5.74) is 0. The third kappa shape index (κ3) is 57.6. The summed E-state index contributed by atoms with van der Waals surface area (Å²) in [4.78, 5) is 25.6. The number of phosphoric ester groups is 1. The van der Waals surface area contributed by atoms with Crippen molar-refractivity contribution in [1.29, 1.82) is 0 Å². The van der Waals surface area contributed by atoms with Gasteiger partial charge in [0.1, 0.15) is 13.2 Å². The van der Waals surface area contributed by atoms with Crippen LogP contribution in [0.15, 0.2) is 72.9 Å². The van der Waals surface area contributed by atoms with Gasteiger partial charge in [-0.1, -0.05) is 279 Å². The van der Waals surface area contributed by atoms with Crippen LogP contribution >= 0.6 is 7.82 Å². The predicted octanol–water partition coefficient (Wildman–Crippen LogP) is 18.8. The molecule has 0 saturated carbocycles. The quantitative estimate of drug-likeness (QED) is 0.0272. The Kier molecular flexibility index (Phi) is 54.1. The highest BCUT2D eigenvalue weighted by atomic mass is 31.2. The smallest absolute Gasteiger partial charge is 0.268 e. The number of likely N-dealkylation sites (N-methyl/N-ethyl adjacent to an activating group) is 1. The third-order valence-corrected chi connectivity index (χ3v) is 14.9. The number of phosphoric acid groups is 1. The molecule has 0 aliphatic heterocycles. The molecule has 0 spiro atoms. The summed E-state index contributed by atoms with van der Waals surface area (Å²) in [6.07, 6.45) is 77.1. The van der Waals surface area contributed by atoms with Gasteiger partial charge in [-0.05, 0) is 70.6 Å². The number of nitrogens with zero attached hydrogens (tertiary/aromatic N) is 1. The van der Waals surface area contributed by atoms with Crippen LogP contribution in [0, 0.1) is 0 Å². The van der Waals surface area contributed by atoms with Crippen LogP contribution in [0.5, 0.6) is 0 Å². The van der Waals surface area contributed by atoms with Gasteiger partial charge in [0.05, 0.1) is 39.9 Å². The number of rotatable bonds is 57. The molecule has 0 heterocycles. The zero-order valence-corrected chi connectivity index (χ0v) is 50.2. The molecule has 0 bridgehead atoms. The maximum Gasteiger partial charge on any atom is 0.268 e. The van der Waals surface area contributed by atoms with Crippen molar-refractivity contribution in [2.24, 2.45) is 0 Å². The van der Waals surface area contributed by atoms with Crippen LogP contribution in [0.1, 0.15) is 284 Å². The summed E-state index contributed by atoms with van der Waals surface area (Å²) in [5, 5.41) is 13.9. The van der Waals surface area contributed by atoms with Crippen molar-refractivity contribution in [2.75, 3.05) is 40.9 Å². The van der Waals surface area contributed by atoms with Gasteiger partial charge in [-0.15, -0.1) is 0 Å². The minimum Gasteiger partial charge on any atom is -0.756 e. The molecule has 0 rings (SSSR count). The second-order valence-corrected chi connectivity index (χ2v) is 23.8. The molecule has 2 N–H and O–H groups in total. The Bertz CT molecular complexity index is 1430. The Labute approximate surface area is 459 Å². The lowest BCUT2D eigenvalue weighted by Crippen LogP contribution is -2.45. The van der Waals surface area contributed by atoms with Crippen molar-refractivity contribution >= 4 is 13.7 Å². The fourth-order valence-electron chi connectivity index (χ4n) is 9.05. The Morgan fingerprint density at radius 1 is 0.486 bits per heavy atom. The largest absolute Gasteiger partial charge is 0.756 e. The normalized spacial score (nSPS) is 14.3. The van der Waals surface area contributed by atoms with Crippen molar-refractivity contribution in [3.05, 3.63) is 72.9 Å². The summed E-state index contributed by atoms with van der Waals surface area (Å²) < 4.78 is 23.4. The lowest BCUT2D eigenvalue weighted by atomic mass is 10.0. The molecule has 74 heavy (non-hydrogen) atoms. The average molecular weight is 1060 g/mol. The summed E-state index contributed by atoms with van der Waals surface area (Å²) in [6, 6.07) is -0.909. The molecule has 0 radical (unpaired) electrons. The molecule has 0 aliphatic carbocycles. The third-order valence-electron chi connectivity index (χ3n) is 13.9. The second kappa shape index (κ2) is 55.7. The van der Waals surface area contributed by atoms with Crippen LogP contribution < -0.4 is 10.2 Å². The number of carbonyl (C=O) groups is 1. The molecule has 1 amide bonds. The minimum atomic E-state index is -4.61. The number of allylic oxidation sites excluding steroid dienone is 11. The summed E-state index contributed by atoms with van der Waals surface area (Å²) >= 11 is 0. The van der Waals surface area contributed by atoms with E-state index in [-0.39, 0.29) is 12.5 Å². The molecule has 0 aromatic rings. The fraction of sp³-hybridized carbons (Fsp3) is 0.800. The lowest BCUT2D eigenvalue weighted by molar-refractivity contribution is -0.870. The van der Waals surface area contributed by atoms with Crippen LogP contribution in [0.4, 0.5) is 0 Å². The molecule has 0 fully saturated rings. The highest BCUT2D eigenvalue weighted by molar-refractivity contribution is 7.45. The van der Waals surface area contributed by atoms with Crippen molar-refractivity contribution in [3.8, 4) is 0 Å². The van der Waals surface area contributed by atoms with E-state index in [1.165, 1.54) is 199 Å². The first-order valence-corrected chi connectivity index (χ1v) is 32.8. The van der Waals surface area contributed by atoms with E-state index in [4.69, 9.17) is 9.05 Å². The van der Waals surface area contributed by atoms with Crippen LogP contribution in [0.2, 0.25) is 0 Å².